The number of nitrogens with zero attached hydrogens (tertiary/aromatic N) is 1. The molecular weight excluding hydrogens is 435 g/mol. The molecule has 0 unspecified atom stereocenters. The zero-order valence-corrected chi connectivity index (χ0v) is 17.7. The maximum atomic E-state index is 14.6. The maximum Gasteiger partial charge on any atom is 0.256 e. The lowest BCUT2D eigenvalue weighted by atomic mass is 9.92. The summed E-state index contributed by atoms with van der Waals surface area (Å²) in [5.74, 6) is -3.72. The molecule has 0 radical (unpaired) electrons. The summed E-state index contributed by atoms with van der Waals surface area (Å²) in [5.41, 5.74) is -0.757. The highest BCUT2D eigenvalue weighted by Gasteiger charge is 2.44. The number of rotatable bonds is 6. The number of phenolic OH excluding ortho intramolecular Hbond substituents is 1. The average molecular weight is 457 g/mol. The van der Waals surface area contributed by atoms with E-state index >= 15 is 0 Å². The monoisotopic (exact) mass is 457 g/mol. The summed E-state index contributed by atoms with van der Waals surface area (Å²) in [6.07, 6.45) is 0. The molecule has 0 atom stereocenters. The molecule has 1 heterocycles. The van der Waals surface area contributed by atoms with Gasteiger partial charge in [-0.05, 0) is 48.9 Å². The molecular formula is C24H22F3N3O3. The van der Waals surface area contributed by atoms with Gasteiger partial charge in [-0.1, -0.05) is 12.1 Å². The number of aryl methyl sites for hydroxylation is 1. The van der Waals surface area contributed by atoms with Crippen molar-refractivity contribution in [1.82, 2.24) is 4.90 Å². The number of aromatic hydroxyl groups is 1. The fraction of sp³-hybridized carbons (Fsp3) is 0.208. The van der Waals surface area contributed by atoms with Gasteiger partial charge in [0.15, 0.2) is 11.6 Å². The van der Waals surface area contributed by atoms with Crippen molar-refractivity contribution >= 4 is 23.0 Å². The van der Waals surface area contributed by atoms with Crippen LogP contribution in [-0.2, 0) is 0 Å². The second kappa shape index (κ2) is 8.67. The molecule has 3 aromatic rings. The molecule has 1 aliphatic rings. The quantitative estimate of drug-likeness (QED) is 0.447. The molecule has 0 bridgehead atoms. The lowest BCUT2D eigenvalue weighted by Gasteiger charge is -2.46. The summed E-state index contributed by atoms with van der Waals surface area (Å²) in [4.78, 5) is 14.3. The van der Waals surface area contributed by atoms with Crippen LogP contribution in [0, 0.1) is 24.4 Å². The van der Waals surface area contributed by atoms with Gasteiger partial charge in [-0.3, -0.25) is 4.79 Å². The zero-order valence-electron chi connectivity index (χ0n) is 17.7. The van der Waals surface area contributed by atoms with E-state index in [0.717, 1.165) is 12.1 Å². The van der Waals surface area contributed by atoms with E-state index in [2.05, 4.69) is 10.6 Å². The smallest absolute Gasteiger partial charge is 0.256 e. The third kappa shape index (κ3) is 4.73. The largest absolute Gasteiger partial charge is 0.508 e. The number of halogens is 3. The Kier molecular flexibility index (Phi) is 5.90. The van der Waals surface area contributed by atoms with Crippen molar-refractivity contribution in [2.24, 2.45) is 0 Å². The van der Waals surface area contributed by atoms with E-state index in [1.165, 1.54) is 29.2 Å². The Morgan fingerprint density at radius 1 is 1.06 bits per heavy atom. The molecule has 0 aliphatic carbocycles. The van der Waals surface area contributed by atoms with E-state index in [-0.39, 0.29) is 36.6 Å². The first-order valence-corrected chi connectivity index (χ1v) is 10.2. The molecule has 0 aromatic heterocycles. The van der Waals surface area contributed by atoms with Crippen LogP contribution in [0.1, 0.15) is 15.9 Å². The topological polar surface area (TPSA) is 84.8 Å². The van der Waals surface area contributed by atoms with Gasteiger partial charge >= 0.3 is 0 Å². The number of β-amino-alcohol motifs (C(OH)–C–C–N with tert-alkyl or cyclic N) is 1. The first-order chi connectivity index (χ1) is 15.6. The van der Waals surface area contributed by atoms with E-state index in [0.29, 0.717) is 11.3 Å². The average Bonchev–Trinajstić information content (AvgIpc) is 2.75. The maximum absolute atomic E-state index is 14.6. The van der Waals surface area contributed by atoms with Crippen molar-refractivity contribution in [1.29, 1.82) is 0 Å². The summed E-state index contributed by atoms with van der Waals surface area (Å²) >= 11 is 0. The predicted octanol–water partition coefficient (Wildman–Crippen LogP) is 4.16. The van der Waals surface area contributed by atoms with Crippen LogP contribution in [0.3, 0.4) is 0 Å². The number of aliphatic hydroxyl groups is 1. The normalized spacial score (nSPS) is 14.5. The van der Waals surface area contributed by atoms with Crippen molar-refractivity contribution in [3.8, 4) is 5.75 Å². The van der Waals surface area contributed by atoms with Crippen LogP contribution in [0.25, 0.3) is 0 Å². The molecule has 1 amide bonds. The molecule has 1 saturated heterocycles. The molecule has 1 aliphatic heterocycles. The summed E-state index contributed by atoms with van der Waals surface area (Å²) in [7, 11) is 0. The Balaban J connectivity index is 1.49. The number of hydrogen-bond donors (Lipinski definition) is 4. The van der Waals surface area contributed by atoms with Crippen LogP contribution in [0.5, 0.6) is 5.75 Å². The van der Waals surface area contributed by atoms with Gasteiger partial charge in [0.1, 0.15) is 17.2 Å². The fourth-order valence-electron chi connectivity index (χ4n) is 3.68. The van der Waals surface area contributed by atoms with Crippen LogP contribution in [0.2, 0.25) is 0 Å². The summed E-state index contributed by atoms with van der Waals surface area (Å²) in [5, 5.41) is 25.7. The molecule has 9 heteroatoms. The molecule has 3 aromatic carbocycles. The van der Waals surface area contributed by atoms with Crippen molar-refractivity contribution in [2.45, 2.75) is 12.5 Å². The van der Waals surface area contributed by atoms with Crippen molar-refractivity contribution in [3.63, 3.8) is 0 Å². The van der Waals surface area contributed by atoms with Crippen LogP contribution in [0.4, 0.5) is 30.2 Å². The van der Waals surface area contributed by atoms with E-state index in [4.69, 9.17) is 0 Å². The Morgan fingerprint density at radius 2 is 1.82 bits per heavy atom. The summed E-state index contributed by atoms with van der Waals surface area (Å²) < 4.78 is 42.7. The number of amides is 1. The van der Waals surface area contributed by atoms with E-state index in [1.54, 1.807) is 25.1 Å². The number of hydrogen-bond acceptors (Lipinski definition) is 5. The molecule has 0 saturated carbocycles. The SMILES string of the molecule is Cc1ccc(Nc2c(C(=O)N3CC(O)(CNc4cccc(O)c4)C3)ccc(F)c2F)c(F)c1. The van der Waals surface area contributed by atoms with Gasteiger partial charge in [-0.15, -0.1) is 0 Å². The lowest BCUT2D eigenvalue weighted by Crippen LogP contribution is -2.66. The number of likely N-dealkylation sites (tertiary alicyclic amines) is 1. The van der Waals surface area contributed by atoms with Gasteiger partial charge in [0.05, 0.1) is 30.0 Å². The van der Waals surface area contributed by atoms with Crippen molar-refractivity contribution in [2.75, 3.05) is 30.3 Å². The van der Waals surface area contributed by atoms with Gasteiger partial charge in [0.2, 0.25) is 0 Å². The summed E-state index contributed by atoms with van der Waals surface area (Å²) in [6, 6.07) is 12.5. The van der Waals surface area contributed by atoms with Gasteiger partial charge in [0, 0.05) is 18.3 Å². The molecule has 6 nitrogen and oxygen atoms in total. The number of carbonyl (C=O) groups excluding carboxylic acids is 1. The highest BCUT2D eigenvalue weighted by atomic mass is 19.2. The van der Waals surface area contributed by atoms with Crippen molar-refractivity contribution < 1.29 is 28.2 Å². The van der Waals surface area contributed by atoms with E-state index < -0.39 is 34.6 Å². The van der Waals surface area contributed by atoms with E-state index in [9.17, 15) is 28.2 Å². The predicted molar refractivity (Wildman–Crippen MR) is 118 cm³/mol. The molecule has 1 fully saturated rings. The third-order valence-corrected chi connectivity index (χ3v) is 5.43. The fourth-order valence-corrected chi connectivity index (χ4v) is 3.68. The molecule has 4 rings (SSSR count). The second-order valence-corrected chi connectivity index (χ2v) is 8.18. The summed E-state index contributed by atoms with van der Waals surface area (Å²) in [6.45, 7) is 1.70. The minimum atomic E-state index is -1.30. The number of anilines is 3. The number of phenols is 1. The van der Waals surface area contributed by atoms with Gasteiger partial charge in [-0.2, -0.15) is 0 Å². The zero-order chi connectivity index (χ0) is 23.8. The van der Waals surface area contributed by atoms with Gasteiger partial charge in [0.25, 0.3) is 5.91 Å². The lowest BCUT2D eigenvalue weighted by molar-refractivity contribution is -0.0706. The number of benzene rings is 3. The molecule has 0 spiro atoms. The second-order valence-electron chi connectivity index (χ2n) is 8.18. The Labute approximate surface area is 188 Å². The molecule has 172 valence electrons. The standard InChI is InChI=1S/C24H22F3N3O3/c1-14-5-8-20(19(26)9-14)29-22-17(6-7-18(25)21(22)27)23(32)30-12-24(33,13-30)11-28-15-3-2-4-16(31)10-15/h2-10,28-29,31,33H,11-13H2,1H3. The van der Waals surface area contributed by atoms with Crippen molar-refractivity contribution in [3.05, 3.63) is 83.2 Å². The minimum absolute atomic E-state index is 0.0466. The number of nitrogens with one attached hydrogen (secondary N) is 2. The van der Waals surface area contributed by atoms with Gasteiger partial charge < -0.3 is 25.7 Å². The highest BCUT2D eigenvalue weighted by molar-refractivity contribution is 6.01. The van der Waals surface area contributed by atoms with Crippen LogP contribution >= 0.6 is 0 Å². The van der Waals surface area contributed by atoms with Gasteiger partial charge in [-0.25, -0.2) is 13.2 Å². The Bertz CT molecular complexity index is 1210. The highest BCUT2D eigenvalue weighted by Crippen LogP contribution is 2.32. The molecule has 33 heavy (non-hydrogen) atoms. The Hall–Kier alpha value is -3.72. The van der Waals surface area contributed by atoms with Crippen LogP contribution in [0.15, 0.2) is 54.6 Å². The molecule has 4 N–H and O–H groups in total. The Morgan fingerprint density at radius 3 is 2.52 bits per heavy atom. The minimum Gasteiger partial charge on any atom is -0.508 e. The van der Waals surface area contributed by atoms with Crippen LogP contribution in [-0.4, -0.2) is 46.3 Å². The number of carbonyl (C=O) groups is 1. The first-order valence-electron chi connectivity index (χ1n) is 10.2. The first kappa shape index (κ1) is 22.5. The van der Waals surface area contributed by atoms with E-state index in [1.807, 2.05) is 0 Å². The third-order valence-electron chi connectivity index (χ3n) is 5.43. The van der Waals surface area contributed by atoms with Crippen LogP contribution < -0.4 is 10.6 Å².